The Hall–Kier alpha value is -3.31. The molecule has 0 saturated heterocycles. The lowest BCUT2D eigenvalue weighted by Gasteiger charge is -2.10. The van der Waals surface area contributed by atoms with Crippen LogP contribution in [0.2, 0.25) is 5.02 Å². The van der Waals surface area contributed by atoms with Gasteiger partial charge in [0.1, 0.15) is 17.9 Å². The van der Waals surface area contributed by atoms with Crippen molar-refractivity contribution < 1.29 is 14.4 Å². The number of nitrogens with zero attached hydrogens (tertiary/aromatic N) is 1. The normalized spacial score (nSPS) is 11.1. The summed E-state index contributed by atoms with van der Waals surface area (Å²) in [6, 6.07) is 21.7. The molecule has 0 heterocycles. The van der Waals surface area contributed by atoms with Crippen LogP contribution in [0, 0.1) is 6.92 Å². The van der Waals surface area contributed by atoms with Crippen LogP contribution < -0.4 is 10.5 Å². The molecule has 5 nitrogen and oxygen atoms in total. The first-order chi connectivity index (χ1) is 13.5. The molecule has 0 fully saturated rings. The van der Waals surface area contributed by atoms with Gasteiger partial charge in [0.25, 0.3) is 0 Å². The zero-order valence-corrected chi connectivity index (χ0v) is 16.0. The number of amidine groups is 1. The fourth-order valence-electron chi connectivity index (χ4n) is 2.44. The molecular formula is C22H19ClN2O3. The van der Waals surface area contributed by atoms with Crippen molar-refractivity contribution in [2.75, 3.05) is 0 Å². The molecular weight excluding hydrogens is 376 g/mol. The smallest absolute Gasteiger partial charge is 0.369 e. The zero-order chi connectivity index (χ0) is 19.9. The average molecular weight is 395 g/mol. The third kappa shape index (κ3) is 5.11. The van der Waals surface area contributed by atoms with Gasteiger partial charge < -0.3 is 15.3 Å². The minimum atomic E-state index is -0.708. The molecule has 3 aromatic rings. The van der Waals surface area contributed by atoms with Crippen LogP contribution >= 0.6 is 11.6 Å². The second kappa shape index (κ2) is 9.06. The summed E-state index contributed by atoms with van der Waals surface area (Å²) in [4.78, 5) is 17.5. The van der Waals surface area contributed by atoms with E-state index >= 15 is 0 Å². The number of carbonyl (C=O) groups is 1. The molecule has 0 bridgehead atoms. The molecule has 0 saturated carbocycles. The van der Waals surface area contributed by atoms with Crippen molar-refractivity contribution in [3.63, 3.8) is 0 Å². The van der Waals surface area contributed by atoms with Gasteiger partial charge in [-0.15, -0.1) is 0 Å². The summed E-state index contributed by atoms with van der Waals surface area (Å²) < 4.78 is 5.76. The second-order valence-corrected chi connectivity index (χ2v) is 6.57. The fourth-order valence-corrected chi connectivity index (χ4v) is 2.61. The van der Waals surface area contributed by atoms with Crippen LogP contribution in [0.5, 0.6) is 5.75 Å². The number of benzene rings is 3. The van der Waals surface area contributed by atoms with E-state index in [2.05, 4.69) is 5.16 Å². The van der Waals surface area contributed by atoms with Crippen molar-refractivity contribution in [3.05, 3.63) is 100 Å². The number of aryl methyl sites for hydroxylation is 1. The quantitative estimate of drug-likeness (QED) is 0.284. The Balaban J connectivity index is 1.74. The SMILES string of the molecule is Cc1ccc(/C(N)=N\OC(=O)c2cc(Cl)ccc2OCc2ccccc2)cc1. The molecule has 0 aliphatic rings. The van der Waals surface area contributed by atoms with Gasteiger partial charge in [0.05, 0.1) is 0 Å². The van der Waals surface area contributed by atoms with Crippen molar-refractivity contribution in [1.82, 2.24) is 0 Å². The average Bonchev–Trinajstić information content (AvgIpc) is 2.72. The summed E-state index contributed by atoms with van der Waals surface area (Å²) in [6.45, 7) is 2.27. The number of oxime groups is 1. The zero-order valence-electron chi connectivity index (χ0n) is 15.3. The standard InChI is InChI=1S/C22H19ClN2O3/c1-15-7-9-17(10-8-15)21(24)25-28-22(26)19-13-18(23)11-12-20(19)27-14-16-5-3-2-4-6-16/h2-13H,14H2,1H3,(H2,24,25). The highest BCUT2D eigenvalue weighted by Gasteiger charge is 2.16. The number of halogens is 1. The summed E-state index contributed by atoms with van der Waals surface area (Å²) in [5.74, 6) is -0.259. The first-order valence-electron chi connectivity index (χ1n) is 8.61. The van der Waals surface area contributed by atoms with E-state index < -0.39 is 5.97 Å². The Bertz CT molecular complexity index is 986. The van der Waals surface area contributed by atoms with Gasteiger partial charge in [0, 0.05) is 10.6 Å². The molecule has 0 amide bonds. The Kier molecular flexibility index (Phi) is 6.29. The predicted octanol–water partition coefficient (Wildman–Crippen LogP) is 4.70. The molecule has 3 rings (SSSR count). The molecule has 0 aliphatic carbocycles. The Morgan fingerprint density at radius 3 is 2.46 bits per heavy atom. The van der Waals surface area contributed by atoms with Gasteiger partial charge in [0.15, 0.2) is 5.84 Å². The highest BCUT2D eigenvalue weighted by Crippen LogP contribution is 2.25. The maximum absolute atomic E-state index is 12.5. The van der Waals surface area contributed by atoms with Crippen LogP contribution in [0.25, 0.3) is 0 Å². The van der Waals surface area contributed by atoms with E-state index in [1.807, 2.05) is 49.4 Å². The van der Waals surface area contributed by atoms with Gasteiger partial charge in [0.2, 0.25) is 0 Å². The van der Waals surface area contributed by atoms with E-state index in [0.29, 0.717) is 22.9 Å². The van der Waals surface area contributed by atoms with Crippen molar-refractivity contribution in [2.45, 2.75) is 13.5 Å². The van der Waals surface area contributed by atoms with Crippen molar-refractivity contribution >= 4 is 23.4 Å². The van der Waals surface area contributed by atoms with Gasteiger partial charge >= 0.3 is 5.97 Å². The molecule has 0 atom stereocenters. The van der Waals surface area contributed by atoms with E-state index in [1.54, 1.807) is 24.3 Å². The predicted molar refractivity (Wildman–Crippen MR) is 110 cm³/mol. The van der Waals surface area contributed by atoms with Crippen molar-refractivity contribution in [3.8, 4) is 5.75 Å². The van der Waals surface area contributed by atoms with Crippen LogP contribution in [-0.4, -0.2) is 11.8 Å². The lowest BCUT2D eigenvalue weighted by Crippen LogP contribution is -2.15. The summed E-state index contributed by atoms with van der Waals surface area (Å²) in [6.07, 6.45) is 0. The second-order valence-electron chi connectivity index (χ2n) is 6.14. The third-order valence-corrected chi connectivity index (χ3v) is 4.21. The molecule has 0 aliphatic heterocycles. The van der Waals surface area contributed by atoms with Crippen LogP contribution in [-0.2, 0) is 11.4 Å². The van der Waals surface area contributed by atoms with Gasteiger partial charge in [-0.3, -0.25) is 0 Å². The molecule has 3 aromatic carbocycles. The third-order valence-electron chi connectivity index (χ3n) is 3.97. The van der Waals surface area contributed by atoms with Crippen LogP contribution in [0.15, 0.2) is 78.0 Å². The molecule has 28 heavy (non-hydrogen) atoms. The number of ether oxygens (including phenoxy) is 1. The Morgan fingerprint density at radius 1 is 1.04 bits per heavy atom. The molecule has 6 heteroatoms. The first kappa shape index (κ1) is 19.5. The van der Waals surface area contributed by atoms with Crippen LogP contribution in [0.3, 0.4) is 0 Å². The van der Waals surface area contributed by atoms with Crippen molar-refractivity contribution in [1.29, 1.82) is 0 Å². The number of hydrogen-bond acceptors (Lipinski definition) is 4. The molecule has 142 valence electrons. The molecule has 0 spiro atoms. The number of carbonyl (C=O) groups excluding carboxylic acids is 1. The Labute approximate surface area is 168 Å². The van der Waals surface area contributed by atoms with Gasteiger partial charge in [-0.05, 0) is 30.7 Å². The summed E-state index contributed by atoms with van der Waals surface area (Å²) in [5.41, 5.74) is 8.78. The highest BCUT2D eigenvalue weighted by molar-refractivity contribution is 6.31. The van der Waals surface area contributed by atoms with Gasteiger partial charge in [-0.2, -0.15) is 0 Å². The van der Waals surface area contributed by atoms with E-state index in [1.165, 1.54) is 6.07 Å². The molecule has 2 N–H and O–H groups in total. The molecule has 0 aromatic heterocycles. The molecule has 0 unspecified atom stereocenters. The molecule has 0 radical (unpaired) electrons. The minimum Gasteiger partial charge on any atom is -0.488 e. The van der Waals surface area contributed by atoms with Crippen molar-refractivity contribution in [2.24, 2.45) is 10.9 Å². The van der Waals surface area contributed by atoms with Crippen LogP contribution in [0.4, 0.5) is 0 Å². The maximum atomic E-state index is 12.5. The summed E-state index contributed by atoms with van der Waals surface area (Å²) in [7, 11) is 0. The van der Waals surface area contributed by atoms with E-state index in [0.717, 1.165) is 11.1 Å². The van der Waals surface area contributed by atoms with E-state index in [4.69, 9.17) is 26.9 Å². The fraction of sp³-hybridized carbons (Fsp3) is 0.0909. The maximum Gasteiger partial charge on any atom is 0.369 e. The first-order valence-corrected chi connectivity index (χ1v) is 8.99. The monoisotopic (exact) mass is 394 g/mol. The Morgan fingerprint density at radius 2 is 1.75 bits per heavy atom. The van der Waals surface area contributed by atoms with E-state index in [-0.39, 0.29) is 11.4 Å². The summed E-state index contributed by atoms with van der Waals surface area (Å²) >= 11 is 6.03. The lowest BCUT2D eigenvalue weighted by atomic mass is 10.1. The summed E-state index contributed by atoms with van der Waals surface area (Å²) in [5, 5.41) is 4.12. The van der Waals surface area contributed by atoms with Gasteiger partial charge in [-0.1, -0.05) is 76.9 Å². The minimum absolute atomic E-state index is 0.0992. The lowest BCUT2D eigenvalue weighted by molar-refractivity contribution is 0.0511. The highest BCUT2D eigenvalue weighted by atomic mass is 35.5. The van der Waals surface area contributed by atoms with Crippen LogP contribution in [0.1, 0.15) is 27.0 Å². The largest absolute Gasteiger partial charge is 0.488 e. The number of rotatable bonds is 6. The number of hydrogen-bond donors (Lipinski definition) is 1. The van der Waals surface area contributed by atoms with Gasteiger partial charge in [-0.25, -0.2) is 4.79 Å². The number of nitrogens with two attached hydrogens (primary N) is 1. The van der Waals surface area contributed by atoms with E-state index in [9.17, 15) is 4.79 Å². The topological polar surface area (TPSA) is 73.9 Å².